The van der Waals surface area contributed by atoms with Gasteiger partial charge in [-0.2, -0.15) is 0 Å². The molecule has 2 rings (SSSR count). The SMILES string of the molecule is CC1(O)CCN(C(=O)c2cc(Br)c[nH]2)CC1. The van der Waals surface area contributed by atoms with Crippen LogP contribution in [0.5, 0.6) is 0 Å². The molecule has 1 amide bonds. The van der Waals surface area contributed by atoms with Crippen LogP contribution >= 0.6 is 15.9 Å². The third-order valence-electron chi connectivity index (χ3n) is 3.01. The fourth-order valence-electron chi connectivity index (χ4n) is 1.85. The number of carbonyl (C=O) groups excluding carboxylic acids is 1. The summed E-state index contributed by atoms with van der Waals surface area (Å²) in [5.74, 6) is 0.00111. The van der Waals surface area contributed by atoms with Gasteiger partial charge in [0.15, 0.2) is 0 Å². The molecule has 0 atom stereocenters. The number of nitrogens with zero attached hydrogens (tertiary/aromatic N) is 1. The van der Waals surface area contributed by atoms with Crippen molar-refractivity contribution < 1.29 is 9.90 Å². The van der Waals surface area contributed by atoms with Crippen molar-refractivity contribution in [3.8, 4) is 0 Å². The van der Waals surface area contributed by atoms with Crippen LogP contribution in [-0.2, 0) is 0 Å². The lowest BCUT2D eigenvalue weighted by molar-refractivity contribution is -0.00217. The van der Waals surface area contributed by atoms with Crippen LogP contribution in [0.4, 0.5) is 0 Å². The summed E-state index contributed by atoms with van der Waals surface area (Å²) in [5.41, 5.74) is -0.0268. The third-order valence-corrected chi connectivity index (χ3v) is 3.46. The van der Waals surface area contributed by atoms with Crippen molar-refractivity contribution in [1.29, 1.82) is 0 Å². The van der Waals surface area contributed by atoms with Gasteiger partial charge in [0.25, 0.3) is 5.91 Å². The maximum atomic E-state index is 12.0. The molecule has 0 saturated carbocycles. The third kappa shape index (κ3) is 2.47. The maximum Gasteiger partial charge on any atom is 0.270 e. The van der Waals surface area contributed by atoms with Gasteiger partial charge in [-0.1, -0.05) is 0 Å². The summed E-state index contributed by atoms with van der Waals surface area (Å²) in [6.07, 6.45) is 3.02. The minimum Gasteiger partial charge on any atom is -0.390 e. The molecule has 1 aliphatic rings. The van der Waals surface area contributed by atoms with E-state index in [-0.39, 0.29) is 5.91 Å². The molecule has 0 radical (unpaired) electrons. The molecule has 1 aromatic heterocycles. The van der Waals surface area contributed by atoms with Crippen LogP contribution in [0.25, 0.3) is 0 Å². The minimum absolute atomic E-state index is 0.00111. The largest absolute Gasteiger partial charge is 0.390 e. The van der Waals surface area contributed by atoms with Gasteiger partial charge in [-0.25, -0.2) is 0 Å². The molecule has 4 nitrogen and oxygen atoms in total. The Kier molecular flexibility index (Phi) is 3.08. The summed E-state index contributed by atoms with van der Waals surface area (Å²) in [6.45, 7) is 3.05. The molecule has 1 aromatic rings. The second kappa shape index (κ2) is 4.22. The summed E-state index contributed by atoms with van der Waals surface area (Å²) in [7, 11) is 0. The Bertz CT molecular complexity index is 390. The first kappa shape index (κ1) is 11.7. The zero-order chi connectivity index (χ0) is 11.8. The average Bonchev–Trinajstić information content (AvgIpc) is 2.64. The van der Waals surface area contributed by atoms with E-state index in [0.717, 1.165) is 4.47 Å². The molecule has 16 heavy (non-hydrogen) atoms. The Balaban J connectivity index is 2.02. The molecule has 88 valence electrons. The van der Waals surface area contributed by atoms with E-state index in [1.807, 2.05) is 6.92 Å². The van der Waals surface area contributed by atoms with Gasteiger partial charge in [0.2, 0.25) is 0 Å². The number of aromatic nitrogens is 1. The van der Waals surface area contributed by atoms with E-state index in [9.17, 15) is 9.90 Å². The number of aliphatic hydroxyl groups is 1. The second-order valence-corrected chi connectivity index (χ2v) is 5.44. The van der Waals surface area contributed by atoms with Crippen molar-refractivity contribution in [3.05, 3.63) is 22.4 Å². The van der Waals surface area contributed by atoms with Gasteiger partial charge >= 0.3 is 0 Å². The summed E-state index contributed by atoms with van der Waals surface area (Å²) in [5, 5.41) is 9.80. The lowest BCUT2D eigenvalue weighted by atomic mass is 9.94. The first-order valence-corrected chi connectivity index (χ1v) is 6.13. The van der Waals surface area contributed by atoms with Gasteiger partial charge in [-0.15, -0.1) is 0 Å². The van der Waals surface area contributed by atoms with Crippen molar-refractivity contribution >= 4 is 21.8 Å². The molecule has 5 heteroatoms. The minimum atomic E-state index is -0.618. The molecule has 2 N–H and O–H groups in total. The number of likely N-dealkylation sites (tertiary alicyclic amines) is 1. The molecule has 0 bridgehead atoms. The smallest absolute Gasteiger partial charge is 0.270 e. The number of rotatable bonds is 1. The van der Waals surface area contributed by atoms with Crippen LogP contribution in [0.2, 0.25) is 0 Å². The van der Waals surface area contributed by atoms with Gasteiger partial charge < -0.3 is 15.0 Å². The first-order valence-electron chi connectivity index (χ1n) is 5.33. The van der Waals surface area contributed by atoms with Crippen molar-refractivity contribution in [2.75, 3.05) is 13.1 Å². The fourth-order valence-corrected chi connectivity index (χ4v) is 2.20. The lowest BCUT2D eigenvalue weighted by Crippen LogP contribution is -2.45. The predicted octanol–water partition coefficient (Wildman–Crippen LogP) is 1.76. The van der Waals surface area contributed by atoms with Crippen LogP contribution in [0, 0.1) is 0 Å². The average molecular weight is 287 g/mol. The molecule has 0 aliphatic carbocycles. The van der Waals surface area contributed by atoms with Crippen LogP contribution in [0.1, 0.15) is 30.3 Å². The number of carbonyl (C=O) groups is 1. The topological polar surface area (TPSA) is 56.3 Å². The lowest BCUT2D eigenvalue weighted by Gasteiger charge is -2.35. The molecule has 0 spiro atoms. The molecule has 2 heterocycles. The number of hydrogen-bond donors (Lipinski definition) is 2. The maximum absolute atomic E-state index is 12.0. The predicted molar refractivity (Wildman–Crippen MR) is 64.3 cm³/mol. The van der Waals surface area contributed by atoms with Gasteiger partial charge in [0.1, 0.15) is 5.69 Å². The van der Waals surface area contributed by atoms with Gasteiger partial charge in [-0.05, 0) is 41.8 Å². The number of hydrogen-bond acceptors (Lipinski definition) is 2. The molecule has 0 unspecified atom stereocenters. The van der Waals surface area contributed by atoms with Crippen LogP contribution in [0.15, 0.2) is 16.7 Å². The van der Waals surface area contributed by atoms with E-state index in [1.165, 1.54) is 0 Å². The highest BCUT2D eigenvalue weighted by molar-refractivity contribution is 9.10. The van der Waals surface area contributed by atoms with Crippen molar-refractivity contribution in [3.63, 3.8) is 0 Å². The van der Waals surface area contributed by atoms with E-state index >= 15 is 0 Å². The second-order valence-electron chi connectivity index (χ2n) is 4.52. The standard InChI is InChI=1S/C11H15BrN2O2/c1-11(16)2-4-14(5-3-11)10(15)9-6-8(12)7-13-9/h6-7,13,16H,2-5H2,1H3. The Hall–Kier alpha value is -0.810. The molecule has 1 fully saturated rings. The monoisotopic (exact) mass is 286 g/mol. The summed E-state index contributed by atoms with van der Waals surface area (Å²) in [4.78, 5) is 16.7. The fraction of sp³-hybridized carbons (Fsp3) is 0.545. The van der Waals surface area contributed by atoms with Gasteiger partial charge in [0.05, 0.1) is 5.60 Å². The Morgan fingerprint density at radius 1 is 1.56 bits per heavy atom. The molecule has 1 aliphatic heterocycles. The Morgan fingerprint density at radius 2 is 2.19 bits per heavy atom. The number of amides is 1. The molecule has 0 aromatic carbocycles. The number of H-pyrrole nitrogens is 1. The van der Waals surface area contributed by atoms with Crippen LogP contribution in [0.3, 0.4) is 0 Å². The zero-order valence-corrected chi connectivity index (χ0v) is 10.7. The van der Waals surface area contributed by atoms with Gasteiger partial charge in [0, 0.05) is 23.8 Å². The number of nitrogens with one attached hydrogen (secondary N) is 1. The Morgan fingerprint density at radius 3 is 2.69 bits per heavy atom. The normalized spacial score (nSPS) is 19.8. The summed E-state index contributed by atoms with van der Waals surface area (Å²) < 4.78 is 0.875. The van der Waals surface area contributed by atoms with Crippen LogP contribution < -0.4 is 0 Å². The number of halogens is 1. The highest BCUT2D eigenvalue weighted by Crippen LogP contribution is 2.22. The highest BCUT2D eigenvalue weighted by Gasteiger charge is 2.30. The zero-order valence-electron chi connectivity index (χ0n) is 9.16. The van der Waals surface area contributed by atoms with Crippen molar-refractivity contribution in [2.24, 2.45) is 0 Å². The Labute approximate surface area is 103 Å². The van der Waals surface area contributed by atoms with E-state index in [1.54, 1.807) is 17.2 Å². The molecule has 1 saturated heterocycles. The number of piperidine rings is 1. The van der Waals surface area contributed by atoms with Crippen molar-refractivity contribution in [2.45, 2.75) is 25.4 Å². The molecular weight excluding hydrogens is 272 g/mol. The quantitative estimate of drug-likeness (QED) is 0.827. The highest BCUT2D eigenvalue weighted by atomic mass is 79.9. The van der Waals surface area contributed by atoms with Crippen LogP contribution in [-0.4, -0.2) is 39.6 Å². The number of aromatic amines is 1. The van der Waals surface area contributed by atoms with Crippen molar-refractivity contribution in [1.82, 2.24) is 9.88 Å². The summed E-state index contributed by atoms with van der Waals surface area (Å²) >= 11 is 3.30. The summed E-state index contributed by atoms with van der Waals surface area (Å²) in [6, 6.07) is 1.77. The van der Waals surface area contributed by atoms with E-state index in [2.05, 4.69) is 20.9 Å². The first-order chi connectivity index (χ1) is 7.48. The van der Waals surface area contributed by atoms with E-state index < -0.39 is 5.60 Å². The molecular formula is C11H15BrN2O2. The van der Waals surface area contributed by atoms with E-state index in [0.29, 0.717) is 31.6 Å². The van der Waals surface area contributed by atoms with Gasteiger partial charge in [-0.3, -0.25) is 4.79 Å². The van der Waals surface area contributed by atoms with E-state index in [4.69, 9.17) is 0 Å².